The topological polar surface area (TPSA) is 45.7 Å². The van der Waals surface area contributed by atoms with Crippen molar-refractivity contribution in [1.82, 2.24) is 10.6 Å². The van der Waals surface area contributed by atoms with Crippen molar-refractivity contribution in [3.05, 3.63) is 65.2 Å². The first-order chi connectivity index (χ1) is 12.3. The lowest BCUT2D eigenvalue weighted by atomic mass is 10.0. The summed E-state index contributed by atoms with van der Waals surface area (Å²) in [5.74, 6) is 2.49. The third-order valence-electron chi connectivity index (χ3n) is 5.19. The van der Waals surface area contributed by atoms with Crippen LogP contribution >= 0.6 is 0 Å². The molecule has 130 valence electrons. The van der Waals surface area contributed by atoms with Crippen molar-refractivity contribution in [3.8, 4) is 5.75 Å². The lowest BCUT2D eigenvalue weighted by Crippen LogP contribution is -2.42. The van der Waals surface area contributed by atoms with E-state index in [1.807, 2.05) is 19.2 Å². The number of nitrogens with one attached hydrogen (secondary N) is 2. The van der Waals surface area contributed by atoms with Crippen LogP contribution in [0, 0.1) is 5.92 Å². The van der Waals surface area contributed by atoms with Crippen molar-refractivity contribution in [2.45, 2.75) is 25.3 Å². The van der Waals surface area contributed by atoms with Crippen LogP contribution in [-0.2, 0) is 12.8 Å². The van der Waals surface area contributed by atoms with Crippen molar-refractivity contribution in [2.75, 3.05) is 20.2 Å². The Labute approximate surface area is 149 Å². The maximum absolute atomic E-state index is 5.75. The Balaban J connectivity index is 1.35. The number of benzene rings is 2. The Morgan fingerprint density at radius 2 is 1.80 bits per heavy atom. The van der Waals surface area contributed by atoms with Crippen LogP contribution in [0.25, 0.3) is 0 Å². The van der Waals surface area contributed by atoms with Crippen molar-refractivity contribution < 1.29 is 4.74 Å². The van der Waals surface area contributed by atoms with E-state index in [4.69, 9.17) is 4.74 Å². The zero-order valence-corrected chi connectivity index (χ0v) is 14.7. The van der Waals surface area contributed by atoms with Crippen LogP contribution in [-0.4, -0.2) is 26.2 Å². The van der Waals surface area contributed by atoms with Crippen molar-refractivity contribution in [2.24, 2.45) is 10.9 Å². The number of nitrogens with zero attached hydrogens (tertiary/aromatic N) is 1. The maximum atomic E-state index is 5.75. The van der Waals surface area contributed by atoms with Gasteiger partial charge in [-0.3, -0.25) is 4.99 Å². The summed E-state index contributed by atoms with van der Waals surface area (Å²) in [4.78, 5) is 4.42. The monoisotopic (exact) mass is 335 g/mol. The van der Waals surface area contributed by atoms with Gasteiger partial charge in [0.1, 0.15) is 5.75 Å². The van der Waals surface area contributed by atoms with Gasteiger partial charge in [-0.05, 0) is 36.0 Å². The molecule has 1 aliphatic carbocycles. The van der Waals surface area contributed by atoms with E-state index in [-0.39, 0.29) is 6.04 Å². The maximum Gasteiger partial charge on any atom is 0.191 e. The van der Waals surface area contributed by atoms with Gasteiger partial charge in [-0.25, -0.2) is 0 Å². The highest BCUT2D eigenvalue weighted by Crippen LogP contribution is 2.31. The van der Waals surface area contributed by atoms with Gasteiger partial charge in [-0.1, -0.05) is 42.5 Å². The van der Waals surface area contributed by atoms with Crippen LogP contribution in [0.4, 0.5) is 0 Å². The van der Waals surface area contributed by atoms with Gasteiger partial charge in [-0.2, -0.15) is 0 Å². The summed E-state index contributed by atoms with van der Waals surface area (Å²) in [6.45, 7) is 1.68. The van der Waals surface area contributed by atoms with Gasteiger partial charge < -0.3 is 15.4 Å². The molecular weight excluding hydrogens is 310 g/mol. The summed E-state index contributed by atoms with van der Waals surface area (Å²) in [6.07, 6.45) is 3.26. The van der Waals surface area contributed by atoms with Crippen molar-refractivity contribution in [3.63, 3.8) is 0 Å². The van der Waals surface area contributed by atoms with E-state index in [0.29, 0.717) is 5.92 Å². The minimum absolute atomic E-state index is 0.247. The first-order valence-corrected chi connectivity index (χ1v) is 9.09. The summed E-state index contributed by atoms with van der Waals surface area (Å²) < 4.78 is 5.75. The average Bonchev–Trinajstić information content (AvgIpc) is 3.08. The smallest absolute Gasteiger partial charge is 0.191 e. The van der Waals surface area contributed by atoms with Gasteiger partial charge in [0.15, 0.2) is 5.96 Å². The normalized spacial score (nSPS) is 19.7. The second kappa shape index (κ2) is 7.18. The first kappa shape index (κ1) is 16.0. The molecular formula is C21H25N3O. The molecule has 0 radical (unpaired) electrons. The number of rotatable bonds is 3. The second-order valence-corrected chi connectivity index (χ2v) is 6.87. The molecule has 4 heteroatoms. The molecule has 0 fully saturated rings. The molecule has 1 unspecified atom stereocenters. The third kappa shape index (κ3) is 3.48. The Bertz CT molecular complexity index is 746. The molecule has 0 spiro atoms. The summed E-state index contributed by atoms with van der Waals surface area (Å²) in [5, 5.41) is 7.09. The lowest BCUT2D eigenvalue weighted by molar-refractivity contribution is 0.261. The molecule has 0 bridgehead atoms. The van der Waals surface area contributed by atoms with Crippen LogP contribution in [0.1, 0.15) is 29.2 Å². The molecule has 1 aliphatic heterocycles. The lowest BCUT2D eigenvalue weighted by Gasteiger charge is -2.28. The molecule has 2 aliphatic rings. The number of aliphatic imine (C=N–C) groups is 1. The predicted molar refractivity (Wildman–Crippen MR) is 101 cm³/mol. The van der Waals surface area contributed by atoms with Crippen LogP contribution in [0.15, 0.2) is 53.5 Å². The molecule has 0 aromatic heterocycles. The van der Waals surface area contributed by atoms with Crippen molar-refractivity contribution in [1.29, 1.82) is 0 Å². The van der Waals surface area contributed by atoms with E-state index < -0.39 is 0 Å². The van der Waals surface area contributed by atoms with Crippen LogP contribution in [0.3, 0.4) is 0 Å². The van der Waals surface area contributed by atoms with Crippen LogP contribution in [0.2, 0.25) is 0 Å². The Morgan fingerprint density at radius 3 is 2.56 bits per heavy atom. The molecule has 1 atom stereocenters. The van der Waals surface area contributed by atoms with Gasteiger partial charge in [0.2, 0.25) is 0 Å². The molecule has 25 heavy (non-hydrogen) atoms. The molecule has 2 aromatic rings. The number of hydrogen-bond acceptors (Lipinski definition) is 2. The second-order valence-electron chi connectivity index (χ2n) is 6.87. The Kier molecular flexibility index (Phi) is 4.59. The quantitative estimate of drug-likeness (QED) is 0.669. The minimum Gasteiger partial charge on any atom is -0.493 e. The van der Waals surface area contributed by atoms with Gasteiger partial charge in [0.05, 0.1) is 12.6 Å². The highest BCUT2D eigenvalue weighted by molar-refractivity contribution is 5.80. The Morgan fingerprint density at radius 1 is 1.08 bits per heavy atom. The van der Waals surface area contributed by atoms with E-state index in [1.165, 1.54) is 16.7 Å². The summed E-state index contributed by atoms with van der Waals surface area (Å²) in [7, 11) is 1.84. The number of fused-ring (bicyclic) bond motifs is 2. The van der Waals surface area contributed by atoms with Gasteiger partial charge in [0.25, 0.3) is 0 Å². The molecule has 0 saturated carbocycles. The molecule has 2 N–H and O–H groups in total. The minimum atomic E-state index is 0.247. The largest absolute Gasteiger partial charge is 0.493 e. The number of ether oxygens (including phenoxy) is 1. The fraction of sp³-hybridized carbons (Fsp3) is 0.381. The molecule has 1 heterocycles. The molecule has 4 rings (SSSR count). The zero-order valence-electron chi connectivity index (χ0n) is 14.7. The molecule has 0 saturated heterocycles. The third-order valence-corrected chi connectivity index (χ3v) is 5.19. The fourth-order valence-corrected chi connectivity index (χ4v) is 3.89. The SMILES string of the molecule is CN=C(NCC1Cc2ccccc2C1)NC1CCOc2ccccc21. The Hall–Kier alpha value is -2.49. The van der Waals surface area contributed by atoms with E-state index in [9.17, 15) is 0 Å². The number of guanidine groups is 1. The summed E-state index contributed by atoms with van der Waals surface area (Å²) in [6, 6.07) is 17.3. The van der Waals surface area contributed by atoms with E-state index in [1.54, 1.807) is 0 Å². The predicted octanol–water partition coefficient (Wildman–Crippen LogP) is 3.09. The zero-order chi connectivity index (χ0) is 17.1. The standard InChI is InChI=1S/C21H25N3O/c1-22-21(23-14-15-12-16-6-2-3-7-17(16)13-15)24-19-10-11-25-20-9-5-4-8-18(19)20/h2-9,15,19H,10-14H2,1H3,(H2,22,23,24). The van der Waals surface area contributed by atoms with E-state index >= 15 is 0 Å². The highest BCUT2D eigenvalue weighted by Gasteiger charge is 2.23. The molecule has 2 aromatic carbocycles. The fourth-order valence-electron chi connectivity index (χ4n) is 3.89. The van der Waals surface area contributed by atoms with E-state index in [0.717, 1.165) is 44.1 Å². The first-order valence-electron chi connectivity index (χ1n) is 9.09. The summed E-state index contributed by atoms with van der Waals surface area (Å²) in [5.41, 5.74) is 4.20. The highest BCUT2D eigenvalue weighted by atomic mass is 16.5. The van der Waals surface area contributed by atoms with Crippen molar-refractivity contribution >= 4 is 5.96 Å². The number of para-hydroxylation sites is 1. The summed E-state index contributed by atoms with van der Waals surface area (Å²) >= 11 is 0. The van der Waals surface area contributed by atoms with Crippen LogP contribution < -0.4 is 15.4 Å². The van der Waals surface area contributed by atoms with Gasteiger partial charge >= 0.3 is 0 Å². The average molecular weight is 335 g/mol. The van der Waals surface area contributed by atoms with Gasteiger partial charge in [0, 0.05) is 25.6 Å². The molecule has 4 nitrogen and oxygen atoms in total. The molecule has 0 amide bonds. The van der Waals surface area contributed by atoms with Gasteiger partial charge in [-0.15, -0.1) is 0 Å². The van der Waals surface area contributed by atoms with E-state index in [2.05, 4.69) is 52.0 Å². The number of hydrogen-bond donors (Lipinski definition) is 2. The van der Waals surface area contributed by atoms with Crippen LogP contribution in [0.5, 0.6) is 5.75 Å².